The molecule has 1 heterocycles. The van der Waals surface area contributed by atoms with Gasteiger partial charge in [0, 0.05) is 26.6 Å². The number of nitrogens with zero attached hydrogens (tertiary/aromatic N) is 3. The molecular weight excluding hydrogens is 385 g/mol. The highest BCUT2D eigenvalue weighted by Gasteiger charge is 2.15. The third-order valence-corrected chi connectivity index (χ3v) is 2.72. The fourth-order valence-electron chi connectivity index (χ4n) is 1.41. The molecular formula is C13H26IN5O2. The van der Waals surface area contributed by atoms with Gasteiger partial charge in [-0.25, -0.2) is 0 Å². The average molecular weight is 411 g/mol. The Balaban J connectivity index is 0.00000400. The molecule has 0 spiro atoms. The number of aromatic nitrogens is 2. The lowest BCUT2D eigenvalue weighted by atomic mass is 10.1. The first-order chi connectivity index (χ1) is 9.46. The first-order valence-electron chi connectivity index (χ1n) is 6.83. The first-order valence-corrected chi connectivity index (χ1v) is 6.83. The van der Waals surface area contributed by atoms with Crippen LogP contribution in [0.2, 0.25) is 0 Å². The first kappa shape index (κ1) is 20.1. The van der Waals surface area contributed by atoms with Crippen LogP contribution in [0.25, 0.3) is 0 Å². The molecule has 0 radical (unpaired) electrons. The number of guanidine groups is 1. The van der Waals surface area contributed by atoms with Crippen LogP contribution < -0.4 is 10.6 Å². The van der Waals surface area contributed by atoms with Crippen molar-refractivity contribution in [3.63, 3.8) is 0 Å². The average Bonchev–Trinajstić information content (AvgIpc) is 2.82. The van der Waals surface area contributed by atoms with Crippen LogP contribution >= 0.6 is 24.0 Å². The van der Waals surface area contributed by atoms with Crippen molar-refractivity contribution in [2.75, 3.05) is 26.7 Å². The highest BCUT2D eigenvalue weighted by atomic mass is 127. The van der Waals surface area contributed by atoms with Crippen LogP contribution in [0.15, 0.2) is 9.52 Å². The largest absolute Gasteiger partial charge is 0.377 e. The third-order valence-electron chi connectivity index (χ3n) is 2.72. The lowest BCUT2D eigenvalue weighted by Crippen LogP contribution is -2.40. The standard InChI is InChI=1S/C13H25N5O2.HI/c1-6-14-12(16-9-13(3,4)19-5)15-8-7-11-17-10(2)18-20-11;/h6-9H2,1-5H3,(H2,14,15,16);1H. The summed E-state index contributed by atoms with van der Waals surface area (Å²) in [5.41, 5.74) is -0.272. The molecule has 1 rings (SSSR count). The summed E-state index contributed by atoms with van der Waals surface area (Å²) in [6.45, 7) is 9.90. The number of aryl methyl sites for hydroxylation is 1. The molecule has 0 saturated carbocycles. The van der Waals surface area contributed by atoms with E-state index < -0.39 is 0 Å². The van der Waals surface area contributed by atoms with E-state index in [4.69, 9.17) is 9.26 Å². The second-order valence-electron chi connectivity index (χ2n) is 5.07. The van der Waals surface area contributed by atoms with Crippen LogP contribution in [-0.2, 0) is 11.2 Å². The van der Waals surface area contributed by atoms with Crippen LogP contribution in [0.5, 0.6) is 0 Å². The van der Waals surface area contributed by atoms with Gasteiger partial charge < -0.3 is 19.9 Å². The molecule has 0 aromatic carbocycles. The molecule has 0 atom stereocenters. The number of nitrogens with one attached hydrogen (secondary N) is 2. The molecule has 0 bridgehead atoms. The summed E-state index contributed by atoms with van der Waals surface area (Å²) in [4.78, 5) is 8.65. The van der Waals surface area contributed by atoms with Gasteiger partial charge in [-0.1, -0.05) is 5.16 Å². The van der Waals surface area contributed by atoms with Gasteiger partial charge in [0.05, 0.1) is 12.1 Å². The molecule has 8 heteroatoms. The number of rotatable bonds is 7. The van der Waals surface area contributed by atoms with Gasteiger partial charge >= 0.3 is 0 Å². The summed E-state index contributed by atoms with van der Waals surface area (Å²) in [5.74, 6) is 2.04. The zero-order valence-corrected chi connectivity index (χ0v) is 15.7. The third kappa shape index (κ3) is 8.20. The summed E-state index contributed by atoms with van der Waals surface area (Å²) >= 11 is 0. The zero-order chi connectivity index (χ0) is 15.0. The smallest absolute Gasteiger partial charge is 0.228 e. The van der Waals surface area contributed by atoms with E-state index in [1.54, 1.807) is 14.0 Å². The van der Waals surface area contributed by atoms with Crippen LogP contribution in [-0.4, -0.2) is 48.4 Å². The molecule has 21 heavy (non-hydrogen) atoms. The minimum absolute atomic E-state index is 0. The lowest BCUT2D eigenvalue weighted by molar-refractivity contribution is 0.0310. The van der Waals surface area contributed by atoms with E-state index in [0.717, 1.165) is 12.5 Å². The van der Waals surface area contributed by atoms with Crippen LogP contribution in [0, 0.1) is 6.92 Å². The van der Waals surface area contributed by atoms with Crippen molar-refractivity contribution in [2.24, 2.45) is 4.99 Å². The summed E-state index contributed by atoms with van der Waals surface area (Å²) < 4.78 is 10.4. The number of methoxy groups -OCH3 is 1. The normalized spacial score (nSPS) is 12.0. The summed E-state index contributed by atoms with van der Waals surface area (Å²) in [5, 5.41) is 10.2. The van der Waals surface area contributed by atoms with Gasteiger partial charge in [-0.2, -0.15) is 4.98 Å². The number of aliphatic imine (C=N–C) groups is 1. The Morgan fingerprint density at radius 2 is 2.10 bits per heavy atom. The number of ether oxygens (including phenoxy) is 1. The molecule has 0 aliphatic heterocycles. The molecule has 122 valence electrons. The summed E-state index contributed by atoms with van der Waals surface area (Å²) in [6.07, 6.45) is 0.666. The number of halogens is 1. The van der Waals surface area contributed by atoms with Crippen molar-refractivity contribution in [3.05, 3.63) is 11.7 Å². The van der Waals surface area contributed by atoms with Crippen molar-refractivity contribution in [3.8, 4) is 0 Å². The molecule has 0 fully saturated rings. The zero-order valence-electron chi connectivity index (χ0n) is 13.4. The maximum absolute atomic E-state index is 5.35. The topological polar surface area (TPSA) is 84.6 Å². The van der Waals surface area contributed by atoms with E-state index in [2.05, 4.69) is 25.8 Å². The Hall–Kier alpha value is -0.900. The van der Waals surface area contributed by atoms with Crippen LogP contribution in [0.4, 0.5) is 0 Å². The number of hydrogen-bond donors (Lipinski definition) is 2. The monoisotopic (exact) mass is 411 g/mol. The Morgan fingerprint density at radius 3 is 2.62 bits per heavy atom. The van der Waals surface area contributed by atoms with E-state index in [0.29, 0.717) is 31.2 Å². The lowest BCUT2D eigenvalue weighted by Gasteiger charge is -2.21. The predicted molar refractivity (Wildman–Crippen MR) is 93.2 cm³/mol. The molecule has 0 amide bonds. The summed E-state index contributed by atoms with van der Waals surface area (Å²) in [6, 6.07) is 0. The molecule has 2 N–H and O–H groups in total. The van der Waals surface area contributed by atoms with E-state index in [1.165, 1.54) is 0 Å². The van der Waals surface area contributed by atoms with Crippen molar-refractivity contribution in [2.45, 2.75) is 39.7 Å². The van der Waals surface area contributed by atoms with Gasteiger partial charge in [0.1, 0.15) is 0 Å². The highest BCUT2D eigenvalue weighted by Crippen LogP contribution is 2.06. The van der Waals surface area contributed by atoms with Crippen molar-refractivity contribution < 1.29 is 9.26 Å². The Kier molecular flexibility index (Phi) is 9.51. The maximum Gasteiger partial charge on any atom is 0.228 e. The Bertz CT molecular complexity index is 434. The van der Waals surface area contributed by atoms with Gasteiger partial charge in [0.25, 0.3) is 0 Å². The molecule has 1 aromatic heterocycles. The molecule has 1 aromatic rings. The van der Waals surface area contributed by atoms with Crippen molar-refractivity contribution >= 4 is 29.9 Å². The molecule has 0 aliphatic carbocycles. The number of hydrogen-bond acceptors (Lipinski definition) is 5. The van der Waals surface area contributed by atoms with Crippen LogP contribution in [0.3, 0.4) is 0 Å². The predicted octanol–water partition coefficient (Wildman–Crippen LogP) is 1.52. The quantitative estimate of drug-likeness (QED) is 0.402. The van der Waals surface area contributed by atoms with Gasteiger partial charge in [-0.05, 0) is 27.7 Å². The second kappa shape index (κ2) is 9.93. The SMILES string of the molecule is CCNC(=NCC(C)(C)OC)NCCc1nc(C)no1.I. The second-order valence-corrected chi connectivity index (χ2v) is 5.07. The van der Waals surface area contributed by atoms with Gasteiger partial charge in [0.15, 0.2) is 11.8 Å². The van der Waals surface area contributed by atoms with E-state index in [1.807, 2.05) is 20.8 Å². The molecule has 0 unspecified atom stereocenters. The molecule has 7 nitrogen and oxygen atoms in total. The van der Waals surface area contributed by atoms with E-state index in [9.17, 15) is 0 Å². The van der Waals surface area contributed by atoms with E-state index in [-0.39, 0.29) is 29.6 Å². The van der Waals surface area contributed by atoms with Gasteiger partial charge in [-0.3, -0.25) is 4.99 Å². The molecule has 0 saturated heterocycles. The Labute approximate surface area is 143 Å². The van der Waals surface area contributed by atoms with Gasteiger partial charge in [-0.15, -0.1) is 24.0 Å². The minimum atomic E-state index is -0.272. The molecule has 0 aliphatic rings. The fraction of sp³-hybridized carbons (Fsp3) is 0.769. The fourth-order valence-corrected chi connectivity index (χ4v) is 1.41. The van der Waals surface area contributed by atoms with Crippen molar-refractivity contribution in [1.29, 1.82) is 0 Å². The van der Waals surface area contributed by atoms with E-state index >= 15 is 0 Å². The van der Waals surface area contributed by atoms with Crippen molar-refractivity contribution in [1.82, 2.24) is 20.8 Å². The highest BCUT2D eigenvalue weighted by molar-refractivity contribution is 14.0. The summed E-state index contributed by atoms with van der Waals surface area (Å²) in [7, 11) is 1.69. The Morgan fingerprint density at radius 1 is 1.38 bits per heavy atom. The van der Waals surface area contributed by atoms with Crippen LogP contribution in [0.1, 0.15) is 32.5 Å². The maximum atomic E-state index is 5.35. The van der Waals surface area contributed by atoms with Gasteiger partial charge in [0.2, 0.25) is 5.89 Å². The minimum Gasteiger partial charge on any atom is -0.377 e.